The Labute approximate surface area is 120 Å². The predicted octanol–water partition coefficient (Wildman–Crippen LogP) is 2.54. The second-order valence-corrected chi connectivity index (χ2v) is 5.71. The molecule has 0 aromatic heterocycles. The van der Waals surface area contributed by atoms with Crippen LogP contribution in [-0.2, 0) is 11.3 Å². The van der Waals surface area contributed by atoms with Gasteiger partial charge in [-0.3, -0.25) is 0 Å². The van der Waals surface area contributed by atoms with Crippen molar-refractivity contribution in [2.75, 3.05) is 13.1 Å². The van der Waals surface area contributed by atoms with Crippen molar-refractivity contribution in [3.05, 3.63) is 35.9 Å². The molecular formula is C16H22N2O2. The van der Waals surface area contributed by atoms with Crippen LogP contribution in [0.2, 0.25) is 0 Å². The van der Waals surface area contributed by atoms with E-state index in [0.717, 1.165) is 31.5 Å². The van der Waals surface area contributed by atoms with E-state index in [4.69, 9.17) is 4.74 Å². The fourth-order valence-electron chi connectivity index (χ4n) is 2.68. The van der Waals surface area contributed by atoms with E-state index in [-0.39, 0.29) is 6.09 Å². The fourth-order valence-corrected chi connectivity index (χ4v) is 2.68. The van der Waals surface area contributed by atoms with E-state index in [9.17, 15) is 4.79 Å². The van der Waals surface area contributed by atoms with E-state index >= 15 is 0 Å². The maximum absolute atomic E-state index is 12.2. The van der Waals surface area contributed by atoms with Gasteiger partial charge in [-0.15, -0.1) is 0 Å². The van der Waals surface area contributed by atoms with Gasteiger partial charge in [0, 0.05) is 25.2 Å². The van der Waals surface area contributed by atoms with Crippen molar-refractivity contribution in [2.24, 2.45) is 0 Å². The number of hydrogen-bond acceptors (Lipinski definition) is 3. The van der Waals surface area contributed by atoms with Gasteiger partial charge in [-0.25, -0.2) is 4.79 Å². The van der Waals surface area contributed by atoms with E-state index in [2.05, 4.69) is 5.32 Å². The van der Waals surface area contributed by atoms with Gasteiger partial charge in [0.2, 0.25) is 0 Å². The molecule has 1 saturated heterocycles. The smallest absolute Gasteiger partial charge is 0.410 e. The lowest BCUT2D eigenvalue weighted by atomic mass is 10.2. The van der Waals surface area contributed by atoms with Crippen molar-refractivity contribution in [2.45, 2.75) is 44.4 Å². The first kappa shape index (κ1) is 13.4. The molecule has 20 heavy (non-hydrogen) atoms. The maximum Gasteiger partial charge on any atom is 0.410 e. The van der Waals surface area contributed by atoms with Gasteiger partial charge in [-0.2, -0.15) is 0 Å². The molecule has 2 fully saturated rings. The molecule has 1 aliphatic heterocycles. The summed E-state index contributed by atoms with van der Waals surface area (Å²) in [6.07, 6.45) is 4.56. The highest BCUT2D eigenvalue weighted by Crippen LogP contribution is 2.22. The average Bonchev–Trinajstić information content (AvgIpc) is 3.20. The molecule has 2 aliphatic rings. The van der Waals surface area contributed by atoms with Crippen LogP contribution in [0.1, 0.15) is 31.2 Å². The summed E-state index contributed by atoms with van der Waals surface area (Å²) in [5.74, 6) is 0. The molecule has 1 aromatic carbocycles. The number of carbonyl (C=O) groups excluding carboxylic acids is 1. The van der Waals surface area contributed by atoms with Crippen molar-refractivity contribution in [1.29, 1.82) is 0 Å². The van der Waals surface area contributed by atoms with Crippen LogP contribution in [0, 0.1) is 0 Å². The monoisotopic (exact) mass is 274 g/mol. The van der Waals surface area contributed by atoms with Crippen molar-refractivity contribution < 1.29 is 9.53 Å². The van der Waals surface area contributed by atoms with Gasteiger partial charge in [0.15, 0.2) is 0 Å². The van der Waals surface area contributed by atoms with E-state index in [1.807, 2.05) is 35.2 Å². The Balaban J connectivity index is 1.47. The molecule has 0 radical (unpaired) electrons. The molecule has 1 aliphatic carbocycles. The summed E-state index contributed by atoms with van der Waals surface area (Å²) in [4.78, 5) is 14.1. The summed E-state index contributed by atoms with van der Waals surface area (Å²) < 4.78 is 5.42. The molecule has 1 N–H and O–H groups in total. The highest BCUT2D eigenvalue weighted by atomic mass is 16.6. The lowest BCUT2D eigenvalue weighted by Gasteiger charge is -2.24. The van der Waals surface area contributed by atoms with E-state index in [0.29, 0.717) is 18.7 Å². The number of amides is 1. The number of ether oxygens (including phenoxy) is 1. The first-order chi connectivity index (χ1) is 9.83. The molecule has 4 nitrogen and oxygen atoms in total. The van der Waals surface area contributed by atoms with Crippen molar-refractivity contribution in [3.8, 4) is 0 Å². The molecule has 1 saturated carbocycles. The van der Waals surface area contributed by atoms with Crippen LogP contribution < -0.4 is 5.32 Å². The van der Waals surface area contributed by atoms with Gasteiger partial charge in [0.05, 0.1) is 0 Å². The number of benzene rings is 1. The van der Waals surface area contributed by atoms with Gasteiger partial charge in [0.25, 0.3) is 0 Å². The lowest BCUT2D eigenvalue weighted by Crippen LogP contribution is -2.42. The highest BCUT2D eigenvalue weighted by Gasteiger charge is 2.31. The Bertz CT molecular complexity index is 445. The molecule has 1 aromatic rings. The van der Waals surface area contributed by atoms with Crippen LogP contribution in [0.3, 0.4) is 0 Å². The summed E-state index contributed by atoms with van der Waals surface area (Å²) >= 11 is 0. The largest absolute Gasteiger partial charge is 0.445 e. The minimum Gasteiger partial charge on any atom is -0.445 e. The molecule has 0 bridgehead atoms. The SMILES string of the molecule is O=C(OCc1ccccc1)N1CCC[C@@H]1CNC1CC1. The van der Waals surface area contributed by atoms with Crippen LogP contribution in [0.25, 0.3) is 0 Å². The second-order valence-electron chi connectivity index (χ2n) is 5.71. The number of nitrogens with one attached hydrogen (secondary N) is 1. The van der Waals surface area contributed by atoms with Gasteiger partial charge in [0.1, 0.15) is 6.61 Å². The molecule has 3 rings (SSSR count). The molecule has 1 amide bonds. The third-order valence-corrected chi connectivity index (χ3v) is 4.04. The zero-order chi connectivity index (χ0) is 13.8. The predicted molar refractivity (Wildman–Crippen MR) is 77.4 cm³/mol. The van der Waals surface area contributed by atoms with Crippen molar-refractivity contribution in [3.63, 3.8) is 0 Å². The zero-order valence-corrected chi connectivity index (χ0v) is 11.8. The molecule has 1 heterocycles. The third kappa shape index (κ3) is 3.51. The number of nitrogens with zero attached hydrogens (tertiary/aromatic N) is 1. The molecule has 0 unspecified atom stereocenters. The molecular weight excluding hydrogens is 252 g/mol. The fraction of sp³-hybridized carbons (Fsp3) is 0.562. The number of rotatable bonds is 5. The van der Waals surface area contributed by atoms with Crippen LogP contribution in [0.4, 0.5) is 4.79 Å². The average molecular weight is 274 g/mol. The Morgan fingerprint density at radius 1 is 1.25 bits per heavy atom. The minimum absolute atomic E-state index is 0.172. The minimum atomic E-state index is -0.172. The Kier molecular flexibility index (Phi) is 4.21. The van der Waals surface area contributed by atoms with E-state index < -0.39 is 0 Å². The summed E-state index contributed by atoms with van der Waals surface area (Å²) in [6, 6.07) is 10.8. The van der Waals surface area contributed by atoms with Crippen LogP contribution in [0.5, 0.6) is 0 Å². The molecule has 108 valence electrons. The van der Waals surface area contributed by atoms with Crippen molar-refractivity contribution >= 4 is 6.09 Å². The van der Waals surface area contributed by atoms with Crippen molar-refractivity contribution in [1.82, 2.24) is 10.2 Å². The first-order valence-corrected chi connectivity index (χ1v) is 7.53. The van der Waals surface area contributed by atoms with E-state index in [1.165, 1.54) is 12.8 Å². The van der Waals surface area contributed by atoms with E-state index in [1.54, 1.807) is 0 Å². The Morgan fingerprint density at radius 3 is 2.80 bits per heavy atom. The quantitative estimate of drug-likeness (QED) is 0.897. The standard InChI is InChI=1S/C16H22N2O2/c19-16(20-12-13-5-2-1-3-6-13)18-10-4-7-15(18)11-17-14-8-9-14/h1-3,5-6,14-15,17H,4,7-12H2/t15-/m1/s1. The summed E-state index contributed by atoms with van der Waals surface area (Å²) in [6.45, 7) is 2.09. The number of likely N-dealkylation sites (tertiary alicyclic amines) is 1. The van der Waals surface area contributed by atoms with Gasteiger partial charge < -0.3 is 15.0 Å². The van der Waals surface area contributed by atoms with Crippen LogP contribution in [0.15, 0.2) is 30.3 Å². The zero-order valence-electron chi connectivity index (χ0n) is 11.8. The van der Waals surface area contributed by atoms with Crippen LogP contribution in [-0.4, -0.2) is 36.2 Å². The normalized spacial score (nSPS) is 22.0. The molecule has 1 atom stereocenters. The molecule has 4 heteroatoms. The summed E-state index contributed by atoms with van der Waals surface area (Å²) in [5, 5.41) is 3.51. The van der Waals surface area contributed by atoms with Gasteiger partial charge >= 0.3 is 6.09 Å². The highest BCUT2D eigenvalue weighted by molar-refractivity contribution is 5.68. The summed E-state index contributed by atoms with van der Waals surface area (Å²) in [5.41, 5.74) is 1.03. The number of hydrogen-bond donors (Lipinski definition) is 1. The van der Waals surface area contributed by atoms with Gasteiger partial charge in [-0.1, -0.05) is 30.3 Å². The van der Waals surface area contributed by atoms with Gasteiger partial charge in [-0.05, 0) is 31.2 Å². The lowest BCUT2D eigenvalue weighted by molar-refractivity contribution is 0.0918. The molecule has 0 spiro atoms. The Morgan fingerprint density at radius 2 is 2.05 bits per heavy atom. The maximum atomic E-state index is 12.2. The van der Waals surface area contributed by atoms with Crippen LogP contribution >= 0.6 is 0 Å². The first-order valence-electron chi connectivity index (χ1n) is 7.53. The second kappa shape index (κ2) is 6.27. The third-order valence-electron chi connectivity index (χ3n) is 4.04. The Hall–Kier alpha value is -1.55. The summed E-state index contributed by atoms with van der Waals surface area (Å²) in [7, 11) is 0. The number of carbonyl (C=O) groups is 1. The topological polar surface area (TPSA) is 41.6 Å².